The predicted molar refractivity (Wildman–Crippen MR) is 65.3 cm³/mol. The fraction of sp³-hybridized carbons (Fsp3) is 0.333. The third kappa shape index (κ3) is 2.04. The highest BCUT2D eigenvalue weighted by atomic mass is 32.1. The maximum Gasteiger partial charge on any atom is 0.0992 e. The summed E-state index contributed by atoms with van der Waals surface area (Å²) in [6.45, 7) is 2.39. The summed E-state index contributed by atoms with van der Waals surface area (Å²) >= 11 is 1.70. The smallest absolute Gasteiger partial charge is 0.0992 e. The van der Waals surface area contributed by atoms with E-state index in [0.717, 1.165) is 5.56 Å². The Morgan fingerprint density at radius 1 is 1.40 bits per heavy atom. The third-order valence-corrected chi connectivity index (χ3v) is 3.48. The zero-order valence-electron chi connectivity index (χ0n) is 8.95. The Balaban J connectivity index is 2.42. The maximum absolute atomic E-state index is 10.2. The lowest BCUT2D eigenvalue weighted by Gasteiger charge is -2.23. The second kappa shape index (κ2) is 3.93. The first-order chi connectivity index (χ1) is 7.13. The van der Waals surface area contributed by atoms with Crippen molar-refractivity contribution in [3.05, 3.63) is 35.2 Å². The Morgan fingerprint density at radius 3 is 2.93 bits per heavy atom. The second-order valence-corrected chi connectivity index (χ2v) is 4.93. The van der Waals surface area contributed by atoms with Gasteiger partial charge >= 0.3 is 0 Å². The topological polar surface area (TPSA) is 32.3 Å². The van der Waals surface area contributed by atoms with Gasteiger partial charge in [-0.25, -0.2) is 0 Å². The molecule has 0 bridgehead atoms. The Morgan fingerprint density at radius 2 is 2.20 bits per heavy atom. The van der Waals surface area contributed by atoms with Crippen LogP contribution in [-0.2, 0) is 5.60 Å². The van der Waals surface area contributed by atoms with Crippen molar-refractivity contribution < 1.29 is 5.11 Å². The van der Waals surface area contributed by atoms with Crippen molar-refractivity contribution in [3.8, 4) is 0 Å². The molecule has 0 saturated carbocycles. The molecular formula is C12H15NOS. The molecule has 0 amide bonds. The van der Waals surface area contributed by atoms with Gasteiger partial charge in [0.05, 0.1) is 5.60 Å². The summed E-state index contributed by atoms with van der Waals surface area (Å²) in [6.07, 6.45) is 0. The van der Waals surface area contributed by atoms with Crippen molar-refractivity contribution in [1.82, 2.24) is 5.32 Å². The van der Waals surface area contributed by atoms with E-state index >= 15 is 0 Å². The van der Waals surface area contributed by atoms with E-state index in [0.29, 0.717) is 6.54 Å². The normalized spacial score (nSPS) is 15.4. The van der Waals surface area contributed by atoms with Crippen molar-refractivity contribution in [1.29, 1.82) is 0 Å². The van der Waals surface area contributed by atoms with Gasteiger partial charge in [-0.3, -0.25) is 0 Å². The minimum atomic E-state index is -0.799. The largest absolute Gasteiger partial charge is 0.384 e. The first-order valence-corrected chi connectivity index (χ1v) is 5.86. The summed E-state index contributed by atoms with van der Waals surface area (Å²) in [5.74, 6) is 0. The molecule has 1 aromatic heterocycles. The van der Waals surface area contributed by atoms with Crippen molar-refractivity contribution in [3.63, 3.8) is 0 Å². The molecule has 2 aromatic rings. The fourth-order valence-corrected chi connectivity index (χ4v) is 2.56. The first kappa shape index (κ1) is 10.6. The minimum Gasteiger partial charge on any atom is -0.384 e. The summed E-state index contributed by atoms with van der Waals surface area (Å²) < 4.78 is 1.23. The maximum atomic E-state index is 10.2. The van der Waals surface area contributed by atoms with E-state index in [1.54, 1.807) is 11.3 Å². The number of likely N-dealkylation sites (N-methyl/N-ethyl adjacent to an activating group) is 1. The van der Waals surface area contributed by atoms with Crippen LogP contribution < -0.4 is 5.32 Å². The predicted octanol–water partition coefficient (Wildman–Crippen LogP) is 2.33. The van der Waals surface area contributed by atoms with Crippen molar-refractivity contribution in [2.45, 2.75) is 12.5 Å². The number of thiophene rings is 1. The molecule has 0 aliphatic rings. The van der Waals surface area contributed by atoms with Gasteiger partial charge in [-0.1, -0.05) is 12.1 Å². The molecule has 2 rings (SSSR count). The summed E-state index contributed by atoms with van der Waals surface area (Å²) in [5.41, 5.74) is 0.166. The molecule has 2 N–H and O–H groups in total. The van der Waals surface area contributed by atoms with Crippen LogP contribution in [0.4, 0.5) is 0 Å². The first-order valence-electron chi connectivity index (χ1n) is 4.98. The van der Waals surface area contributed by atoms with Crippen LogP contribution >= 0.6 is 11.3 Å². The molecule has 1 heterocycles. The molecule has 15 heavy (non-hydrogen) atoms. The third-order valence-electron chi connectivity index (χ3n) is 2.60. The Bertz CT molecular complexity index is 461. The van der Waals surface area contributed by atoms with Gasteiger partial charge in [-0.05, 0) is 42.4 Å². The molecule has 0 aliphatic heterocycles. The van der Waals surface area contributed by atoms with E-state index in [1.165, 1.54) is 10.1 Å². The average Bonchev–Trinajstić information content (AvgIpc) is 2.63. The van der Waals surface area contributed by atoms with Crippen LogP contribution in [0.1, 0.15) is 12.5 Å². The summed E-state index contributed by atoms with van der Waals surface area (Å²) in [5, 5.41) is 16.5. The Hall–Kier alpha value is -0.900. The second-order valence-electron chi connectivity index (χ2n) is 3.98. The van der Waals surface area contributed by atoms with Crippen molar-refractivity contribution in [2.24, 2.45) is 0 Å². The van der Waals surface area contributed by atoms with E-state index in [9.17, 15) is 5.11 Å². The van der Waals surface area contributed by atoms with E-state index in [2.05, 4.69) is 28.9 Å². The number of aliphatic hydroxyl groups is 1. The van der Waals surface area contributed by atoms with E-state index in [1.807, 2.05) is 20.0 Å². The molecule has 1 aromatic carbocycles. The SMILES string of the molecule is CNCC(C)(O)c1ccc2ccsc2c1. The average molecular weight is 221 g/mol. The van der Waals surface area contributed by atoms with Gasteiger partial charge in [-0.2, -0.15) is 0 Å². The van der Waals surface area contributed by atoms with Crippen molar-refractivity contribution in [2.75, 3.05) is 13.6 Å². The van der Waals surface area contributed by atoms with Gasteiger partial charge in [0, 0.05) is 11.2 Å². The van der Waals surface area contributed by atoms with E-state index in [4.69, 9.17) is 0 Å². The van der Waals surface area contributed by atoms with Gasteiger partial charge in [0.15, 0.2) is 0 Å². The van der Waals surface area contributed by atoms with E-state index < -0.39 is 5.60 Å². The highest BCUT2D eigenvalue weighted by molar-refractivity contribution is 7.17. The highest BCUT2D eigenvalue weighted by Crippen LogP contribution is 2.27. The summed E-state index contributed by atoms with van der Waals surface area (Å²) in [4.78, 5) is 0. The molecular weight excluding hydrogens is 206 g/mol. The Kier molecular flexibility index (Phi) is 2.78. The minimum absolute atomic E-state index is 0.559. The molecule has 0 aliphatic carbocycles. The van der Waals surface area contributed by atoms with Crippen LogP contribution in [0.2, 0.25) is 0 Å². The van der Waals surface area contributed by atoms with Gasteiger partial charge in [0.2, 0.25) is 0 Å². The zero-order valence-corrected chi connectivity index (χ0v) is 9.77. The molecule has 0 spiro atoms. The van der Waals surface area contributed by atoms with Crippen LogP contribution in [0.5, 0.6) is 0 Å². The molecule has 3 heteroatoms. The molecule has 2 nitrogen and oxygen atoms in total. The number of fused-ring (bicyclic) bond motifs is 1. The molecule has 80 valence electrons. The fourth-order valence-electron chi connectivity index (χ4n) is 1.74. The molecule has 0 radical (unpaired) electrons. The summed E-state index contributed by atoms with van der Waals surface area (Å²) in [7, 11) is 1.85. The van der Waals surface area contributed by atoms with Gasteiger partial charge in [-0.15, -0.1) is 11.3 Å². The highest BCUT2D eigenvalue weighted by Gasteiger charge is 2.22. The number of benzene rings is 1. The van der Waals surface area contributed by atoms with Gasteiger partial charge in [0.25, 0.3) is 0 Å². The zero-order chi connectivity index (χ0) is 10.9. The number of hydrogen-bond donors (Lipinski definition) is 2. The lowest BCUT2D eigenvalue weighted by Crippen LogP contribution is -2.33. The van der Waals surface area contributed by atoms with Gasteiger partial charge in [0.1, 0.15) is 0 Å². The number of rotatable bonds is 3. The Labute approximate surface area is 93.6 Å². The van der Waals surface area contributed by atoms with Crippen molar-refractivity contribution >= 4 is 21.4 Å². The van der Waals surface area contributed by atoms with Crippen LogP contribution in [0.15, 0.2) is 29.6 Å². The standard InChI is InChI=1S/C12H15NOS/c1-12(14,8-13-2)10-4-3-9-5-6-15-11(9)7-10/h3-7,13-14H,8H2,1-2H3. The molecule has 1 unspecified atom stereocenters. The number of nitrogens with one attached hydrogen (secondary N) is 1. The molecule has 0 fully saturated rings. The van der Waals surface area contributed by atoms with Crippen LogP contribution in [0.25, 0.3) is 10.1 Å². The summed E-state index contributed by atoms with van der Waals surface area (Å²) in [6, 6.07) is 8.21. The lowest BCUT2D eigenvalue weighted by molar-refractivity contribution is 0.0593. The van der Waals surface area contributed by atoms with Crippen LogP contribution in [0, 0.1) is 0 Å². The lowest BCUT2D eigenvalue weighted by atomic mass is 9.95. The van der Waals surface area contributed by atoms with Gasteiger partial charge < -0.3 is 10.4 Å². The number of hydrogen-bond acceptors (Lipinski definition) is 3. The van der Waals surface area contributed by atoms with E-state index in [-0.39, 0.29) is 0 Å². The molecule has 0 saturated heterocycles. The van der Waals surface area contributed by atoms with Crippen LogP contribution in [0.3, 0.4) is 0 Å². The molecule has 1 atom stereocenters. The van der Waals surface area contributed by atoms with Crippen LogP contribution in [-0.4, -0.2) is 18.7 Å². The quantitative estimate of drug-likeness (QED) is 0.833. The monoisotopic (exact) mass is 221 g/mol.